The Kier molecular flexibility index (Phi) is 16.9. The molecule has 0 amide bonds. The Labute approximate surface area is 468 Å². The van der Waals surface area contributed by atoms with Crippen LogP contribution in [0.15, 0.2) is 194 Å². The van der Waals surface area contributed by atoms with E-state index in [1.165, 1.54) is 44.5 Å². The van der Waals surface area contributed by atoms with Crippen molar-refractivity contribution in [2.45, 2.75) is 156 Å². The van der Waals surface area contributed by atoms with Gasteiger partial charge >= 0.3 is 471 Å². The average Bonchev–Trinajstić information content (AvgIpc) is 3.43. The average molecular weight is 1060 g/mol. The van der Waals surface area contributed by atoms with Gasteiger partial charge in [0.2, 0.25) is 0 Å². The molecular weight excluding hydrogens is 977 g/mol. The first-order chi connectivity index (χ1) is 36.5. The molecule has 0 bridgehead atoms. The first kappa shape index (κ1) is 56.9. The van der Waals surface area contributed by atoms with Crippen molar-refractivity contribution in [1.29, 1.82) is 0 Å². The Morgan fingerprint density at radius 3 is 0.571 bits per heavy atom. The maximum absolute atomic E-state index is 7.98. The van der Waals surface area contributed by atoms with Crippen LogP contribution in [0.2, 0.25) is 0 Å². The van der Waals surface area contributed by atoms with Gasteiger partial charge in [-0.3, -0.25) is 0 Å². The second kappa shape index (κ2) is 22.9. The van der Waals surface area contributed by atoms with E-state index in [4.69, 9.17) is 13.3 Å². The second-order valence-corrected chi connectivity index (χ2v) is 27.2. The summed E-state index contributed by atoms with van der Waals surface area (Å²) in [5.74, 6) is 3.76. The van der Waals surface area contributed by atoms with Crippen LogP contribution in [-0.4, -0.2) is 0 Å². The van der Waals surface area contributed by atoms with Gasteiger partial charge in [-0.2, -0.15) is 0 Å². The summed E-state index contributed by atoms with van der Waals surface area (Å²) in [6.07, 6.45) is 0. The molecule has 0 aromatic heterocycles. The number of hydrogen-bond acceptors (Lipinski definition) is 4. The van der Waals surface area contributed by atoms with Gasteiger partial charge in [-0.05, 0) is 0 Å². The third-order valence-electron chi connectivity index (χ3n) is 16.2. The van der Waals surface area contributed by atoms with Crippen molar-refractivity contribution in [3.8, 4) is 23.0 Å². The molecule has 8 rings (SSSR count). The Morgan fingerprint density at radius 1 is 0.234 bits per heavy atom. The minimum absolute atomic E-state index is 0.298. The zero-order valence-electron chi connectivity index (χ0n) is 48.9. The monoisotopic (exact) mass is 1060 g/mol. The van der Waals surface area contributed by atoms with E-state index in [0.29, 0.717) is 46.7 Å². The van der Waals surface area contributed by atoms with E-state index in [1.54, 1.807) is 0 Å². The molecule has 0 aliphatic carbocycles. The van der Waals surface area contributed by atoms with Crippen molar-refractivity contribution in [2.24, 2.45) is 0 Å². The minimum atomic E-state index is -5.59. The summed E-state index contributed by atoms with van der Waals surface area (Å²) in [5, 5.41) is 0. The number of para-hydroxylation sites is 4. The zero-order valence-corrected chi connectivity index (χ0v) is 50.5. The maximum atomic E-state index is 7.98. The molecule has 0 fully saturated rings. The van der Waals surface area contributed by atoms with Crippen molar-refractivity contribution >= 4 is 0 Å². The molecule has 5 heteroatoms. The van der Waals surface area contributed by atoms with Gasteiger partial charge in [-0.15, -0.1) is 0 Å². The quantitative estimate of drug-likeness (QED) is 0.0713. The first-order valence-corrected chi connectivity index (χ1v) is 30.6. The fourth-order valence-electron chi connectivity index (χ4n) is 11.8. The van der Waals surface area contributed by atoms with Crippen molar-refractivity contribution in [1.82, 2.24) is 0 Å². The molecule has 8 aromatic carbocycles. The Balaban J connectivity index is 1.45. The molecule has 0 aliphatic heterocycles. The number of rotatable bonds is 20. The third-order valence-corrected chi connectivity index (χ3v) is 19.1. The van der Waals surface area contributed by atoms with Crippen molar-refractivity contribution in [3.05, 3.63) is 261 Å². The number of hydrogen-bond donors (Lipinski definition) is 0. The molecule has 8 aromatic rings. The summed E-state index contributed by atoms with van der Waals surface area (Å²) in [7, 11) is 0. The molecule has 0 saturated carbocycles. The van der Waals surface area contributed by atoms with E-state index in [9.17, 15) is 0 Å². The van der Waals surface area contributed by atoms with Crippen LogP contribution in [0.1, 0.15) is 201 Å². The van der Waals surface area contributed by atoms with E-state index in [-0.39, 0.29) is 0 Å². The molecule has 0 unspecified atom stereocenters. The van der Waals surface area contributed by atoms with Gasteiger partial charge in [0, 0.05) is 0 Å². The summed E-state index contributed by atoms with van der Waals surface area (Å²) in [4.78, 5) is 0. The predicted octanol–water partition coefficient (Wildman–Crippen LogP) is 19.9. The van der Waals surface area contributed by atoms with Gasteiger partial charge in [-0.25, -0.2) is 0 Å². The molecule has 0 saturated heterocycles. The van der Waals surface area contributed by atoms with Crippen molar-refractivity contribution < 1.29 is 31.4 Å². The fourth-order valence-corrected chi connectivity index (χ4v) is 15.0. The predicted molar refractivity (Wildman–Crippen MR) is 319 cm³/mol. The molecule has 0 spiro atoms. The molecule has 0 N–H and O–H groups in total. The van der Waals surface area contributed by atoms with Crippen LogP contribution in [0.25, 0.3) is 0 Å². The van der Waals surface area contributed by atoms with Crippen LogP contribution in [0.5, 0.6) is 23.0 Å². The Hall–Kier alpha value is -6.33. The molecule has 0 atom stereocenters. The third kappa shape index (κ3) is 11.6. The standard InChI is InChI=1S/4C18H22O.Ti/c4*1-13(2)14-9-5-6-10-15(14)18(3,4)16-11-7-8-12-17(16)19;/h4*5-13,19H,1-4H3;/q;;;;+4/p-4. The van der Waals surface area contributed by atoms with Gasteiger partial charge < -0.3 is 0 Å². The number of benzene rings is 8. The SMILES string of the molecule is CC(C)c1ccccc1C(C)(C)c1ccccc1[O][Ti]([O]c1ccccc1C(C)(C)c1ccccc1C(C)C)([O]c1ccccc1C(C)(C)c1ccccc1C(C)C)[O]c1ccccc1C(C)(C)c1ccccc1C(C)C. The van der Waals surface area contributed by atoms with Crippen LogP contribution >= 0.6 is 0 Å². The van der Waals surface area contributed by atoms with E-state index in [0.717, 1.165) is 22.3 Å². The van der Waals surface area contributed by atoms with Crippen LogP contribution in [-0.2, 0) is 39.8 Å². The van der Waals surface area contributed by atoms with Crippen LogP contribution in [0.4, 0.5) is 0 Å². The molecule has 0 radical (unpaired) electrons. The summed E-state index contributed by atoms with van der Waals surface area (Å²) in [5.41, 5.74) is 12.0. The zero-order chi connectivity index (χ0) is 55.5. The van der Waals surface area contributed by atoms with Crippen LogP contribution in [0, 0.1) is 0 Å². The van der Waals surface area contributed by atoms with Gasteiger partial charge in [-0.1, -0.05) is 0 Å². The molecule has 4 nitrogen and oxygen atoms in total. The summed E-state index contributed by atoms with van der Waals surface area (Å²) in [6, 6.07) is 68.9. The topological polar surface area (TPSA) is 36.9 Å². The summed E-state index contributed by atoms with van der Waals surface area (Å²) < 4.78 is 31.9. The molecule has 77 heavy (non-hydrogen) atoms. The van der Waals surface area contributed by atoms with E-state index in [2.05, 4.69) is 305 Å². The van der Waals surface area contributed by atoms with Crippen molar-refractivity contribution in [2.75, 3.05) is 0 Å². The van der Waals surface area contributed by atoms with Crippen LogP contribution in [0.3, 0.4) is 0 Å². The van der Waals surface area contributed by atoms with Gasteiger partial charge in [0.05, 0.1) is 0 Å². The van der Waals surface area contributed by atoms with Gasteiger partial charge in [0.15, 0.2) is 0 Å². The molecule has 400 valence electrons. The molecule has 0 aliphatic rings. The van der Waals surface area contributed by atoms with Crippen molar-refractivity contribution in [3.63, 3.8) is 0 Å². The summed E-state index contributed by atoms with van der Waals surface area (Å²) >= 11 is -5.59. The van der Waals surface area contributed by atoms with Crippen LogP contribution < -0.4 is 13.3 Å². The van der Waals surface area contributed by atoms with E-state index >= 15 is 0 Å². The molecule has 0 heterocycles. The molecular formula is C72H84O4Ti. The van der Waals surface area contributed by atoms with E-state index < -0.39 is 39.8 Å². The summed E-state index contributed by atoms with van der Waals surface area (Å²) in [6.45, 7) is 36.5. The Morgan fingerprint density at radius 2 is 0.390 bits per heavy atom. The second-order valence-electron chi connectivity index (χ2n) is 24.4. The van der Waals surface area contributed by atoms with E-state index in [1.807, 2.05) is 0 Å². The van der Waals surface area contributed by atoms with Gasteiger partial charge in [0.1, 0.15) is 0 Å². The first-order valence-electron chi connectivity index (χ1n) is 28.0. The fraction of sp³-hybridized carbons (Fsp3) is 0.333. The Bertz CT molecular complexity index is 2860. The van der Waals surface area contributed by atoms with Gasteiger partial charge in [0.25, 0.3) is 0 Å². The normalized spacial score (nSPS) is 12.6.